The van der Waals surface area contributed by atoms with Crippen LogP contribution in [0.15, 0.2) is 11.6 Å². The Balaban J connectivity index is 0.00000117. The van der Waals surface area contributed by atoms with Crippen LogP contribution < -0.4 is 10.6 Å². The molecule has 256 valence electrons. The minimum absolute atomic E-state index is 0.0617. The van der Waals surface area contributed by atoms with Gasteiger partial charge >= 0.3 is 0 Å². The summed E-state index contributed by atoms with van der Waals surface area (Å²) in [6.45, 7) is 26.1. The van der Waals surface area contributed by atoms with Gasteiger partial charge in [-0.25, -0.2) is 0 Å². The topological polar surface area (TPSA) is 102 Å². The van der Waals surface area contributed by atoms with E-state index in [1.807, 2.05) is 20.8 Å². The van der Waals surface area contributed by atoms with Gasteiger partial charge in [0.25, 0.3) is 0 Å². The summed E-state index contributed by atoms with van der Waals surface area (Å²) >= 11 is 0. The number of rotatable bonds is 12. The zero-order chi connectivity index (χ0) is 34.0. The van der Waals surface area contributed by atoms with Crippen molar-refractivity contribution in [3.63, 3.8) is 0 Å². The lowest BCUT2D eigenvalue weighted by molar-refractivity contribution is -0.136. The summed E-state index contributed by atoms with van der Waals surface area (Å²) in [5, 5.41) is 5.42. The van der Waals surface area contributed by atoms with Gasteiger partial charge in [0.05, 0.1) is 12.6 Å². The highest BCUT2D eigenvalue weighted by Gasteiger charge is 2.35. The van der Waals surface area contributed by atoms with Crippen LogP contribution in [-0.2, 0) is 19.2 Å². The van der Waals surface area contributed by atoms with Crippen molar-refractivity contribution in [2.75, 3.05) is 33.2 Å². The molecule has 0 aliphatic carbocycles. The molecule has 0 aromatic carbocycles. The van der Waals surface area contributed by atoms with Gasteiger partial charge in [0, 0.05) is 31.2 Å². The van der Waals surface area contributed by atoms with Crippen molar-refractivity contribution in [1.29, 1.82) is 0 Å². The SMILES string of the molecule is C/C(=C\[C@H](C(C)C)N(C)C(=O)CNC=O)C(=O)N1CCC[C@H]1C(=O)NC(C)CC(C)C.CC(C)C.CC(C)N1CCCCC1. The molecule has 0 aromatic rings. The second-order valence-electron chi connectivity index (χ2n) is 14.2. The Bertz CT molecular complexity index is 878. The monoisotopic (exact) mass is 622 g/mol. The number of hydrogen-bond acceptors (Lipinski definition) is 5. The van der Waals surface area contributed by atoms with Crippen LogP contribution in [0.2, 0.25) is 0 Å². The van der Waals surface area contributed by atoms with E-state index in [2.05, 4.69) is 64.0 Å². The van der Waals surface area contributed by atoms with E-state index in [0.29, 0.717) is 30.9 Å². The first-order valence-electron chi connectivity index (χ1n) is 17.0. The molecule has 2 aliphatic rings. The van der Waals surface area contributed by atoms with E-state index in [-0.39, 0.29) is 42.3 Å². The molecule has 1 unspecified atom stereocenters. The van der Waals surface area contributed by atoms with Gasteiger partial charge in [-0.3, -0.25) is 19.2 Å². The molecule has 0 spiro atoms. The van der Waals surface area contributed by atoms with Crippen molar-refractivity contribution in [3.05, 3.63) is 11.6 Å². The van der Waals surface area contributed by atoms with Crippen LogP contribution in [0.1, 0.15) is 115 Å². The van der Waals surface area contributed by atoms with Crippen LogP contribution in [-0.4, -0.2) is 96.2 Å². The number of likely N-dealkylation sites (N-methyl/N-ethyl adjacent to an activating group) is 1. The van der Waals surface area contributed by atoms with Crippen molar-refractivity contribution in [1.82, 2.24) is 25.3 Å². The van der Waals surface area contributed by atoms with Gasteiger partial charge in [0.15, 0.2) is 0 Å². The third-order valence-corrected chi connectivity index (χ3v) is 7.77. The summed E-state index contributed by atoms with van der Waals surface area (Å²) in [5.74, 6) is 0.879. The number of hydrogen-bond donors (Lipinski definition) is 2. The second kappa shape index (κ2) is 22.1. The van der Waals surface area contributed by atoms with Crippen LogP contribution in [0.3, 0.4) is 0 Å². The molecule has 44 heavy (non-hydrogen) atoms. The van der Waals surface area contributed by atoms with Crippen molar-refractivity contribution in [2.24, 2.45) is 17.8 Å². The first-order valence-corrected chi connectivity index (χ1v) is 17.0. The predicted octanol–water partition coefficient (Wildman–Crippen LogP) is 5.25. The van der Waals surface area contributed by atoms with Gasteiger partial charge in [-0.05, 0) is 90.6 Å². The molecule has 9 heteroatoms. The average Bonchev–Trinajstić information content (AvgIpc) is 3.44. The first-order chi connectivity index (χ1) is 20.5. The van der Waals surface area contributed by atoms with Gasteiger partial charge in [-0.1, -0.05) is 61.0 Å². The van der Waals surface area contributed by atoms with E-state index in [0.717, 1.165) is 24.8 Å². The Labute approximate surface area is 269 Å². The van der Waals surface area contributed by atoms with Crippen molar-refractivity contribution < 1.29 is 19.2 Å². The quantitative estimate of drug-likeness (QED) is 0.229. The van der Waals surface area contributed by atoms with Crippen LogP contribution in [0.4, 0.5) is 0 Å². The summed E-state index contributed by atoms with van der Waals surface area (Å²) in [5.41, 5.74) is 0.511. The molecular weight excluding hydrogens is 554 g/mol. The average molecular weight is 622 g/mol. The lowest BCUT2D eigenvalue weighted by atomic mass is 9.99. The van der Waals surface area contributed by atoms with Crippen LogP contribution in [0.5, 0.6) is 0 Å². The van der Waals surface area contributed by atoms with Crippen LogP contribution in [0, 0.1) is 17.8 Å². The lowest BCUT2D eigenvalue weighted by Gasteiger charge is -2.30. The Morgan fingerprint density at radius 3 is 1.91 bits per heavy atom. The number of carbonyl (C=O) groups is 4. The minimum atomic E-state index is -0.459. The van der Waals surface area contributed by atoms with Crippen molar-refractivity contribution >= 4 is 24.1 Å². The number of nitrogens with zero attached hydrogens (tertiary/aromatic N) is 3. The van der Waals surface area contributed by atoms with E-state index < -0.39 is 6.04 Å². The summed E-state index contributed by atoms with van der Waals surface area (Å²) in [7, 11) is 1.66. The van der Waals surface area contributed by atoms with Crippen LogP contribution in [0.25, 0.3) is 0 Å². The summed E-state index contributed by atoms with van der Waals surface area (Å²) in [6.07, 6.45) is 8.89. The maximum atomic E-state index is 13.2. The molecule has 0 bridgehead atoms. The van der Waals surface area contributed by atoms with E-state index in [4.69, 9.17) is 0 Å². The molecule has 0 radical (unpaired) electrons. The number of nitrogens with one attached hydrogen (secondary N) is 2. The minimum Gasteiger partial charge on any atom is -0.352 e. The van der Waals surface area contributed by atoms with Crippen molar-refractivity contribution in [2.45, 2.75) is 139 Å². The predicted molar refractivity (Wildman–Crippen MR) is 182 cm³/mol. The molecule has 0 aromatic heterocycles. The number of carbonyl (C=O) groups excluding carboxylic acids is 4. The fourth-order valence-electron chi connectivity index (χ4n) is 5.55. The van der Waals surface area contributed by atoms with Gasteiger partial charge in [0.2, 0.25) is 24.1 Å². The van der Waals surface area contributed by atoms with Gasteiger partial charge in [-0.15, -0.1) is 0 Å². The highest BCUT2D eigenvalue weighted by molar-refractivity contribution is 5.97. The number of piperidine rings is 1. The largest absolute Gasteiger partial charge is 0.352 e. The molecule has 2 heterocycles. The zero-order valence-electron chi connectivity index (χ0n) is 30.2. The molecule has 2 N–H and O–H groups in total. The fourth-order valence-corrected chi connectivity index (χ4v) is 5.55. The van der Waals surface area contributed by atoms with E-state index in [9.17, 15) is 19.2 Å². The molecular formula is C35H67N5O4. The Kier molecular flexibility index (Phi) is 20.9. The summed E-state index contributed by atoms with van der Waals surface area (Å²) in [6, 6.07) is 0.0712. The molecule has 3 atom stereocenters. The van der Waals surface area contributed by atoms with Gasteiger partial charge < -0.3 is 25.3 Å². The molecule has 4 amide bonds. The highest BCUT2D eigenvalue weighted by Crippen LogP contribution is 2.22. The lowest BCUT2D eigenvalue weighted by Crippen LogP contribution is -2.49. The third kappa shape index (κ3) is 16.6. The zero-order valence-corrected chi connectivity index (χ0v) is 30.2. The molecule has 0 saturated carbocycles. The van der Waals surface area contributed by atoms with E-state index in [1.54, 1.807) is 29.8 Å². The molecule has 2 saturated heterocycles. The molecule has 2 rings (SSSR count). The number of likely N-dealkylation sites (tertiary alicyclic amines) is 2. The standard InChI is InChI=1S/C23H40N4O4.C8H17N.C4H10/c1-15(2)11-18(6)25-22(30)19-9-8-10-27(19)23(31)17(5)12-20(16(3)4)26(7)21(29)13-24-14-28;1-8(2)9-6-4-3-5-7-9;1-4(2)3/h12,14-16,18-20H,8-11,13H2,1-7H3,(H,24,28)(H,25,30);8H,3-7H2,1-2H3;4H,1-3H3/b17-12+;;/t18?,19-,20+;;/m0../s1. The second-order valence-corrected chi connectivity index (χ2v) is 14.2. The summed E-state index contributed by atoms with van der Waals surface area (Å²) in [4.78, 5) is 54.5. The molecule has 2 aliphatic heterocycles. The van der Waals surface area contributed by atoms with Gasteiger partial charge in [0.1, 0.15) is 6.04 Å². The normalized spacial score (nSPS) is 18.7. The maximum Gasteiger partial charge on any atom is 0.249 e. The van der Waals surface area contributed by atoms with Crippen molar-refractivity contribution in [3.8, 4) is 0 Å². The maximum absolute atomic E-state index is 13.2. The Hall–Kier alpha value is -2.42. The van der Waals surface area contributed by atoms with E-state index in [1.165, 1.54) is 32.4 Å². The smallest absolute Gasteiger partial charge is 0.249 e. The number of amides is 4. The molecule has 9 nitrogen and oxygen atoms in total. The first kappa shape index (κ1) is 41.6. The Morgan fingerprint density at radius 2 is 1.45 bits per heavy atom. The third-order valence-electron chi connectivity index (χ3n) is 7.77. The molecule has 2 fully saturated rings. The fraction of sp³-hybridized carbons (Fsp3) is 0.829. The van der Waals surface area contributed by atoms with Crippen LogP contribution >= 0.6 is 0 Å². The summed E-state index contributed by atoms with van der Waals surface area (Å²) < 4.78 is 0. The highest BCUT2D eigenvalue weighted by atomic mass is 16.2. The van der Waals surface area contributed by atoms with E-state index >= 15 is 0 Å². The Morgan fingerprint density at radius 1 is 0.886 bits per heavy atom. The van der Waals surface area contributed by atoms with Gasteiger partial charge in [-0.2, -0.15) is 0 Å².